The van der Waals surface area contributed by atoms with Gasteiger partial charge in [0.05, 0.1) is 29.5 Å². The predicted octanol–water partition coefficient (Wildman–Crippen LogP) is 2.48. The third kappa shape index (κ3) is 5.49. The number of pyridine rings is 1. The molecule has 42 heavy (non-hydrogen) atoms. The monoisotopic (exact) mass is 575 g/mol. The summed E-state index contributed by atoms with van der Waals surface area (Å²) >= 11 is 0. The van der Waals surface area contributed by atoms with E-state index in [4.69, 9.17) is 14.7 Å². The number of aliphatic imine (C=N–C) groups is 2. The first kappa shape index (κ1) is 27.6. The Morgan fingerprint density at radius 2 is 1.64 bits per heavy atom. The summed E-state index contributed by atoms with van der Waals surface area (Å²) in [4.78, 5) is 30.3. The topological polar surface area (TPSA) is 71.6 Å². The summed E-state index contributed by atoms with van der Waals surface area (Å²) in [5.74, 6) is 1.34. The number of aromatic nitrogens is 1. The van der Waals surface area contributed by atoms with E-state index in [2.05, 4.69) is 53.7 Å². The number of nitrogens with one attached hydrogen (secondary N) is 1. The van der Waals surface area contributed by atoms with E-state index in [1.165, 1.54) is 0 Å². The van der Waals surface area contributed by atoms with Crippen molar-refractivity contribution in [2.24, 2.45) is 15.9 Å². The fourth-order valence-electron chi connectivity index (χ4n) is 5.76. The lowest BCUT2D eigenvalue weighted by atomic mass is 9.95. The van der Waals surface area contributed by atoms with Crippen LogP contribution in [0.25, 0.3) is 27.9 Å². The Balaban J connectivity index is 0.00000316. The number of piperidine rings is 1. The molecule has 3 aromatic carbocycles. The number of likely N-dealkylation sites (tertiary alicyclic amines) is 1. The third-order valence-corrected chi connectivity index (χ3v) is 7.96. The number of nitrogens with zero attached hydrogens (tertiary/aromatic N) is 4. The number of rotatable bonds is 5. The van der Waals surface area contributed by atoms with Crippen LogP contribution in [0.3, 0.4) is 0 Å². The number of allylic oxidation sites excluding steroid dienone is 1. The Bertz CT molecular complexity index is 1730. The highest BCUT2D eigenvalue weighted by molar-refractivity contribution is 6.00. The average Bonchev–Trinajstić information content (AvgIpc) is 3.44. The largest absolute Gasteiger partial charge is 1.00 e. The van der Waals surface area contributed by atoms with Gasteiger partial charge in [-0.3, -0.25) is 4.99 Å². The molecule has 0 radical (unpaired) electrons. The molecule has 4 aromatic rings. The second kappa shape index (κ2) is 12.1. The molecule has 0 saturated carbocycles. The van der Waals surface area contributed by atoms with Gasteiger partial charge in [0.1, 0.15) is 18.5 Å². The van der Waals surface area contributed by atoms with E-state index in [1.807, 2.05) is 65.8 Å². The minimum absolute atomic E-state index is 0. The van der Waals surface area contributed by atoms with Crippen molar-refractivity contribution in [1.82, 2.24) is 9.88 Å². The van der Waals surface area contributed by atoms with Gasteiger partial charge in [0.15, 0.2) is 5.70 Å². The van der Waals surface area contributed by atoms with Crippen LogP contribution in [-0.2, 0) is 11.3 Å². The minimum atomic E-state index is -0.254. The molecule has 3 aliphatic heterocycles. The van der Waals surface area contributed by atoms with Crippen molar-refractivity contribution in [2.75, 3.05) is 13.1 Å². The number of amidine groups is 1. The van der Waals surface area contributed by atoms with Crippen molar-refractivity contribution >= 4 is 34.7 Å². The number of benzene rings is 3. The number of carbonyl (C=O) groups is 1. The summed E-state index contributed by atoms with van der Waals surface area (Å²) in [5.41, 5.74) is 6.98. The van der Waals surface area contributed by atoms with E-state index < -0.39 is 0 Å². The van der Waals surface area contributed by atoms with Gasteiger partial charge in [-0.1, -0.05) is 78.9 Å². The van der Waals surface area contributed by atoms with Gasteiger partial charge in [-0.2, -0.15) is 4.99 Å². The molecule has 1 saturated heterocycles. The molecular formula is C34H30ClN5O2. The Labute approximate surface area is 251 Å². The smallest absolute Gasteiger partial charge is 0.410 e. The molecule has 4 heterocycles. The molecular weight excluding hydrogens is 546 g/mol. The molecule has 0 spiro atoms. The summed E-state index contributed by atoms with van der Waals surface area (Å²) in [6.07, 6.45) is 7.24. The van der Waals surface area contributed by atoms with Gasteiger partial charge in [0, 0.05) is 29.6 Å². The number of fused-ring (bicyclic) bond motifs is 2. The van der Waals surface area contributed by atoms with Crippen LogP contribution in [0.5, 0.6) is 0 Å². The zero-order valence-corrected chi connectivity index (χ0v) is 23.7. The fraction of sp³-hybridized carbons (Fsp3) is 0.176. The molecule has 0 bridgehead atoms. The lowest BCUT2D eigenvalue weighted by Gasteiger charge is -2.31. The summed E-state index contributed by atoms with van der Waals surface area (Å²) < 4.78 is 5.57. The average molecular weight is 576 g/mol. The number of carbonyl (C=O) groups excluding carboxylic acids is 1. The SMILES string of the molecule is O=C(OCc1ccccc1)N1CCC(C2=NC(c3ccc4ccc(-c5ccccc5)nc4c3)=C3C=NC=C[NH+]23)CC1.[Cl-]. The molecule has 1 atom stereocenters. The van der Waals surface area contributed by atoms with Crippen molar-refractivity contribution in [3.05, 3.63) is 120 Å². The van der Waals surface area contributed by atoms with Gasteiger partial charge in [-0.05, 0) is 30.5 Å². The maximum absolute atomic E-state index is 12.7. The Morgan fingerprint density at radius 3 is 2.43 bits per heavy atom. The second-order valence-corrected chi connectivity index (χ2v) is 10.5. The minimum Gasteiger partial charge on any atom is -1.00 e. The molecule has 1 N–H and O–H groups in total. The van der Waals surface area contributed by atoms with Crippen LogP contribution >= 0.6 is 0 Å². The zero-order valence-electron chi connectivity index (χ0n) is 23.0. The van der Waals surface area contributed by atoms with Crippen LogP contribution < -0.4 is 17.3 Å². The maximum atomic E-state index is 12.7. The van der Waals surface area contributed by atoms with Crippen LogP contribution in [0.2, 0.25) is 0 Å². The number of hydrogen-bond acceptors (Lipinski definition) is 5. The van der Waals surface area contributed by atoms with Gasteiger partial charge < -0.3 is 22.0 Å². The molecule has 210 valence electrons. The molecule has 3 aliphatic rings. The lowest BCUT2D eigenvalue weighted by molar-refractivity contribution is -0.693. The van der Waals surface area contributed by atoms with Crippen molar-refractivity contribution in [2.45, 2.75) is 19.4 Å². The van der Waals surface area contributed by atoms with Crippen LogP contribution in [0, 0.1) is 5.92 Å². The summed E-state index contributed by atoms with van der Waals surface area (Å²) in [6, 6.07) is 30.6. The van der Waals surface area contributed by atoms with Crippen molar-refractivity contribution < 1.29 is 26.8 Å². The Kier molecular flexibility index (Phi) is 7.95. The van der Waals surface area contributed by atoms with Crippen molar-refractivity contribution in [1.29, 1.82) is 0 Å². The van der Waals surface area contributed by atoms with Crippen LogP contribution in [0.15, 0.2) is 119 Å². The summed E-state index contributed by atoms with van der Waals surface area (Å²) in [7, 11) is 0. The standard InChI is InChI=1S/C34H29N5O2.ClH/c40-34(41-23-24-7-3-1-4-8-24)38-18-15-27(16-19-38)33-37-32(31-22-35-17-20-39(31)33)28-12-11-26-13-14-29(36-30(26)21-28)25-9-5-2-6-10-25;/h1-14,17,20-22,27H,15-16,18-19,23H2;1H. The van der Waals surface area contributed by atoms with Crippen LogP contribution in [0.1, 0.15) is 24.0 Å². The zero-order chi connectivity index (χ0) is 27.6. The maximum Gasteiger partial charge on any atom is 0.410 e. The van der Waals surface area contributed by atoms with E-state index >= 15 is 0 Å². The third-order valence-electron chi connectivity index (χ3n) is 7.96. The van der Waals surface area contributed by atoms with E-state index in [1.54, 1.807) is 0 Å². The normalized spacial score (nSPS) is 18.0. The van der Waals surface area contributed by atoms with Crippen molar-refractivity contribution in [3.8, 4) is 11.3 Å². The van der Waals surface area contributed by atoms with Gasteiger partial charge in [-0.15, -0.1) is 0 Å². The number of halogens is 1. The molecule has 7 nitrogen and oxygen atoms in total. The van der Waals surface area contributed by atoms with Gasteiger partial charge in [-0.25, -0.2) is 14.7 Å². The summed E-state index contributed by atoms with van der Waals surface area (Å²) in [6.45, 7) is 1.59. The highest BCUT2D eigenvalue weighted by Crippen LogP contribution is 2.29. The quantitative estimate of drug-likeness (QED) is 0.397. The molecule has 1 aromatic heterocycles. The molecule has 8 heteroatoms. The van der Waals surface area contributed by atoms with Crippen LogP contribution in [-0.4, -0.2) is 41.1 Å². The first-order chi connectivity index (χ1) is 20.2. The van der Waals surface area contributed by atoms with Gasteiger partial charge >= 0.3 is 6.09 Å². The highest BCUT2D eigenvalue weighted by atomic mass is 35.5. The molecule has 1 amide bonds. The predicted molar refractivity (Wildman–Crippen MR) is 161 cm³/mol. The van der Waals surface area contributed by atoms with Gasteiger partial charge in [0.2, 0.25) is 5.84 Å². The molecule has 7 rings (SSSR count). The van der Waals surface area contributed by atoms with E-state index in [0.717, 1.165) is 68.3 Å². The molecule has 1 fully saturated rings. The summed E-state index contributed by atoms with van der Waals surface area (Å²) in [5, 5.41) is 1.09. The Morgan fingerprint density at radius 1 is 0.905 bits per heavy atom. The fourth-order valence-corrected chi connectivity index (χ4v) is 5.76. The number of hydrogen-bond donors (Lipinski definition) is 1. The van der Waals surface area contributed by atoms with E-state index in [9.17, 15) is 4.79 Å². The number of ether oxygens (including phenoxy) is 1. The van der Waals surface area contributed by atoms with Crippen molar-refractivity contribution in [3.63, 3.8) is 0 Å². The second-order valence-electron chi connectivity index (χ2n) is 10.5. The first-order valence-electron chi connectivity index (χ1n) is 14.1. The Hall–Kier alpha value is -4.59. The number of amides is 1. The number of quaternary nitrogens is 1. The van der Waals surface area contributed by atoms with Gasteiger partial charge in [0.25, 0.3) is 0 Å². The van der Waals surface area contributed by atoms with E-state index in [0.29, 0.717) is 19.7 Å². The lowest BCUT2D eigenvalue weighted by Crippen LogP contribution is -3.09. The molecule has 0 aliphatic carbocycles. The van der Waals surface area contributed by atoms with Crippen LogP contribution in [0.4, 0.5) is 4.79 Å². The van der Waals surface area contributed by atoms with E-state index in [-0.39, 0.29) is 24.4 Å². The first-order valence-corrected chi connectivity index (χ1v) is 14.1. The molecule has 1 unspecified atom stereocenters. The highest BCUT2D eigenvalue weighted by Gasteiger charge is 2.39.